The fourth-order valence-corrected chi connectivity index (χ4v) is 1.82. The average Bonchev–Trinajstić information content (AvgIpc) is 2.94. The van der Waals surface area contributed by atoms with Crippen LogP contribution in [0.5, 0.6) is 0 Å². The van der Waals surface area contributed by atoms with Gasteiger partial charge in [-0.05, 0) is 13.3 Å². The average molecular weight is 297 g/mol. The summed E-state index contributed by atoms with van der Waals surface area (Å²) in [5.74, 6) is 1.29. The maximum atomic E-state index is 5.95. The molecule has 0 saturated heterocycles. The number of nitrogens with zero attached hydrogens (tertiary/aromatic N) is 5. The molecule has 7 nitrogen and oxygen atoms in total. The van der Waals surface area contributed by atoms with Gasteiger partial charge >= 0.3 is 0 Å². The Kier molecular flexibility index (Phi) is 5.69. The molecule has 1 N–H and O–H groups in total. The van der Waals surface area contributed by atoms with E-state index in [1.165, 1.54) is 0 Å². The molecular weight excluding hydrogens is 280 g/mol. The van der Waals surface area contributed by atoms with Crippen LogP contribution in [0.4, 0.5) is 5.82 Å². The van der Waals surface area contributed by atoms with E-state index < -0.39 is 0 Å². The van der Waals surface area contributed by atoms with E-state index in [9.17, 15) is 0 Å². The molecule has 8 heteroatoms. The lowest BCUT2D eigenvalue weighted by molar-refractivity contribution is 0.128. The third-order valence-electron chi connectivity index (χ3n) is 2.52. The molecular formula is C12H17ClN6O. The van der Waals surface area contributed by atoms with Crippen LogP contribution in [0, 0.1) is 0 Å². The molecule has 2 rings (SSSR count). The van der Waals surface area contributed by atoms with Gasteiger partial charge < -0.3 is 10.1 Å². The molecule has 0 amide bonds. The molecule has 2 heterocycles. The van der Waals surface area contributed by atoms with Crippen molar-refractivity contribution in [1.29, 1.82) is 0 Å². The van der Waals surface area contributed by atoms with Crippen molar-refractivity contribution in [3.05, 3.63) is 29.4 Å². The zero-order valence-electron chi connectivity index (χ0n) is 11.3. The summed E-state index contributed by atoms with van der Waals surface area (Å²) >= 11 is 5.95. The van der Waals surface area contributed by atoms with Crippen molar-refractivity contribution >= 4 is 17.4 Å². The summed E-state index contributed by atoms with van der Waals surface area (Å²) in [4.78, 5) is 8.45. The first-order chi connectivity index (χ1) is 9.78. The van der Waals surface area contributed by atoms with Gasteiger partial charge in [0.05, 0.1) is 6.20 Å². The second kappa shape index (κ2) is 7.76. The first-order valence-electron chi connectivity index (χ1n) is 6.47. The van der Waals surface area contributed by atoms with Crippen LogP contribution in [-0.4, -0.2) is 38.1 Å². The van der Waals surface area contributed by atoms with Crippen LogP contribution in [-0.2, 0) is 17.9 Å². The maximum Gasteiger partial charge on any atom is 0.158 e. The quantitative estimate of drug-likeness (QED) is 0.591. The van der Waals surface area contributed by atoms with Crippen molar-refractivity contribution in [1.82, 2.24) is 25.0 Å². The Balaban J connectivity index is 1.80. The van der Waals surface area contributed by atoms with Crippen LogP contribution in [0.15, 0.2) is 18.5 Å². The standard InChI is InChI=1S/C12H17ClN6O/c1-2-20-9-12-16-10(13)8-11(17-12)14-4-3-6-19-7-5-15-18-19/h5,7-8H,2-4,6,9H2,1H3,(H,14,16,17). The molecule has 0 aliphatic rings. The Morgan fingerprint density at radius 2 is 2.30 bits per heavy atom. The molecule has 108 valence electrons. The number of rotatable bonds is 8. The first-order valence-corrected chi connectivity index (χ1v) is 6.85. The van der Waals surface area contributed by atoms with Crippen LogP contribution >= 0.6 is 11.6 Å². The molecule has 0 saturated carbocycles. The molecule has 0 radical (unpaired) electrons. The second-order valence-electron chi connectivity index (χ2n) is 4.08. The number of ether oxygens (including phenoxy) is 1. The molecule has 0 fully saturated rings. The molecule has 0 bridgehead atoms. The van der Waals surface area contributed by atoms with Gasteiger partial charge in [-0.2, -0.15) is 0 Å². The second-order valence-corrected chi connectivity index (χ2v) is 4.46. The summed E-state index contributed by atoms with van der Waals surface area (Å²) in [6, 6.07) is 1.70. The minimum absolute atomic E-state index is 0.366. The fourth-order valence-electron chi connectivity index (χ4n) is 1.62. The van der Waals surface area contributed by atoms with Crippen LogP contribution < -0.4 is 5.32 Å². The Morgan fingerprint density at radius 1 is 1.40 bits per heavy atom. The van der Waals surface area contributed by atoms with Crippen molar-refractivity contribution < 1.29 is 4.74 Å². The smallest absolute Gasteiger partial charge is 0.158 e. The van der Waals surface area contributed by atoms with Crippen LogP contribution in [0.3, 0.4) is 0 Å². The molecule has 20 heavy (non-hydrogen) atoms. The van der Waals surface area contributed by atoms with Gasteiger partial charge in [-0.3, -0.25) is 4.68 Å². The molecule has 0 aliphatic heterocycles. The van der Waals surface area contributed by atoms with E-state index in [-0.39, 0.29) is 0 Å². The lowest BCUT2D eigenvalue weighted by Gasteiger charge is -2.08. The Labute approximate surface area is 122 Å². The van der Waals surface area contributed by atoms with Crippen molar-refractivity contribution in [2.24, 2.45) is 0 Å². The monoisotopic (exact) mass is 296 g/mol. The van der Waals surface area contributed by atoms with E-state index in [1.54, 1.807) is 16.9 Å². The van der Waals surface area contributed by atoms with Gasteiger partial charge in [-0.25, -0.2) is 9.97 Å². The van der Waals surface area contributed by atoms with Crippen LogP contribution in [0.1, 0.15) is 19.2 Å². The highest BCUT2D eigenvalue weighted by atomic mass is 35.5. The third kappa shape index (κ3) is 4.75. The number of aromatic nitrogens is 5. The molecule has 0 aliphatic carbocycles. The summed E-state index contributed by atoms with van der Waals surface area (Å²) in [6.07, 6.45) is 4.41. The highest BCUT2D eigenvalue weighted by Crippen LogP contribution is 2.12. The zero-order valence-corrected chi connectivity index (χ0v) is 12.0. The number of nitrogens with one attached hydrogen (secondary N) is 1. The van der Waals surface area contributed by atoms with Crippen molar-refractivity contribution in [3.63, 3.8) is 0 Å². The van der Waals surface area contributed by atoms with Crippen molar-refractivity contribution in [2.45, 2.75) is 26.5 Å². The molecule has 0 unspecified atom stereocenters. The Hall–Kier alpha value is -1.73. The predicted octanol–water partition coefficient (Wildman–Crippen LogP) is 1.76. The highest BCUT2D eigenvalue weighted by Gasteiger charge is 2.03. The van der Waals surface area contributed by atoms with Crippen LogP contribution in [0.25, 0.3) is 0 Å². The first kappa shape index (κ1) is 14.7. The zero-order chi connectivity index (χ0) is 14.2. The lowest BCUT2D eigenvalue weighted by atomic mass is 10.4. The molecule has 0 atom stereocenters. The van der Waals surface area contributed by atoms with E-state index in [4.69, 9.17) is 16.3 Å². The van der Waals surface area contributed by atoms with Crippen molar-refractivity contribution in [3.8, 4) is 0 Å². The normalized spacial score (nSPS) is 10.7. The molecule has 2 aromatic rings. The number of halogens is 1. The topological polar surface area (TPSA) is 77.8 Å². The van der Waals surface area contributed by atoms with Gasteiger partial charge in [0.1, 0.15) is 17.6 Å². The molecule has 2 aromatic heterocycles. The number of hydrogen-bond donors (Lipinski definition) is 1. The minimum Gasteiger partial charge on any atom is -0.374 e. The predicted molar refractivity (Wildman–Crippen MR) is 75.5 cm³/mol. The Morgan fingerprint density at radius 3 is 3.05 bits per heavy atom. The van der Waals surface area contributed by atoms with Crippen LogP contribution in [0.2, 0.25) is 5.15 Å². The molecule has 0 aromatic carbocycles. The van der Waals surface area contributed by atoms with Gasteiger partial charge in [0, 0.05) is 32.0 Å². The Bertz CT molecular complexity index is 519. The SMILES string of the molecule is CCOCc1nc(Cl)cc(NCCCn2ccnn2)n1. The number of hydrogen-bond acceptors (Lipinski definition) is 6. The van der Waals surface area contributed by atoms with Gasteiger partial charge in [-0.1, -0.05) is 16.8 Å². The minimum atomic E-state index is 0.366. The van der Waals surface area contributed by atoms with Crippen molar-refractivity contribution in [2.75, 3.05) is 18.5 Å². The number of aryl methyl sites for hydroxylation is 1. The summed E-state index contributed by atoms with van der Waals surface area (Å²) in [5.41, 5.74) is 0. The van der Waals surface area contributed by atoms with Gasteiger partial charge in [0.2, 0.25) is 0 Å². The van der Waals surface area contributed by atoms with E-state index in [1.807, 2.05) is 13.1 Å². The fraction of sp³-hybridized carbons (Fsp3) is 0.500. The number of anilines is 1. The van der Waals surface area contributed by atoms with E-state index in [2.05, 4.69) is 25.6 Å². The van der Waals surface area contributed by atoms with E-state index >= 15 is 0 Å². The summed E-state index contributed by atoms with van der Waals surface area (Å²) < 4.78 is 7.06. The van der Waals surface area contributed by atoms with Gasteiger partial charge in [0.25, 0.3) is 0 Å². The maximum absolute atomic E-state index is 5.95. The lowest BCUT2D eigenvalue weighted by Crippen LogP contribution is -2.10. The summed E-state index contributed by atoms with van der Waals surface area (Å²) in [7, 11) is 0. The summed E-state index contributed by atoms with van der Waals surface area (Å²) in [5, 5.41) is 11.3. The third-order valence-corrected chi connectivity index (χ3v) is 2.71. The van der Waals surface area contributed by atoms with Gasteiger partial charge in [0.15, 0.2) is 5.82 Å². The summed E-state index contributed by atoms with van der Waals surface area (Å²) in [6.45, 7) is 4.48. The van der Waals surface area contributed by atoms with Gasteiger partial charge in [-0.15, -0.1) is 5.10 Å². The largest absolute Gasteiger partial charge is 0.374 e. The van der Waals surface area contributed by atoms with E-state index in [0.717, 1.165) is 19.5 Å². The highest BCUT2D eigenvalue weighted by molar-refractivity contribution is 6.29. The van der Waals surface area contributed by atoms with E-state index in [0.29, 0.717) is 30.0 Å². The molecule has 0 spiro atoms.